The number of ether oxygens (including phenoxy) is 1. The summed E-state index contributed by atoms with van der Waals surface area (Å²) in [6.07, 6.45) is 3.31. The molecule has 0 aliphatic carbocycles. The number of fused-ring (bicyclic) bond motifs is 1. The fourth-order valence-corrected chi connectivity index (χ4v) is 2.36. The van der Waals surface area contributed by atoms with Crippen LogP contribution >= 0.6 is 24.0 Å². The van der Waals surface area contributed by atoms with Crippen LogP contribution in [-0.2, 0) is 11.3 Å². The Morgan fingerprint density at radius 1 is 1.17 bits per heavy atom. The van der Waals surface area contributed by atoms with Crippen LogP contribution < -0.4 is 10.6 Å². The van der Waals surface area contributed by atoms with Gasteiger partial charge in [0.05, 0.1) is 6.54 Å². The largest absolute Gasteiger partial charge is 0.381 e. The summed E-state index contributed by atoms with van der Waals surface area (Å²) in [5.74, 6) is 0.817. The molecule has 0 spiro atoms. The molecule has 0 atom stereocenters. The maximum absolute atomic E-state index is 5.55. The van der Waals surface area contributed by atoms with Gasteiger partial charge >= 0.3 is 0 Å². The number of aromatic nitrogens is 1. The molecular formula is C18H29IN4O. The van der Waals surface area contributed by atoms with Gasteiger partial charge < -0.3 is 20.4 Å². The minimum absolute atomic E-state index is 0. The van der Waals surface area contributed by atoms with E-state index in [2.05, 4.69) is 51.8 Å². The normalized spacial score (nSPS) is 11.3. The quantitative estimate of drug-likeness (QED) is 0.240. The van der Waals surface area contributed by atoms with Crippen molar-refractivity contribution in [2.45, 2.75) is 32.7 Å². The molecule has 0 saturated heterocycles. The van der Waals surface area contributed by atoms with Crippen LogP contribution in [0.1, 0.15) is 31.9 Å². The second-order valence-corrected chi connectivity index (χ2v) is 5.55. The number of nitrogens with zero attached hydrogens (tertiary/aromatic N) is 1. The van der Waals surface area contributed by atoms with E-state index in [9.17, 15) is 0 Å². The lowest BCUT2D eigenvalue weighted by molar-refractivity contribution is 0.129. The number of unbranched alkanes of at least 4 members (excludes halogenated alkanes) is 1. The SMILES string of the molecule is CCCCOCCCNC(=NC)NCc1cc2ccccc2[nH]1.I. The highest BCUT2D eigenvalue weighted by atomic mass is 127. The molecule has 134 valence electrons. The number of guanidine groups is 1. The van der Waals surface area contributed by atoms with E-state index < -0.39 is 0 Å². The number of para-hydroxylation sites is 1. The number of aromatic amines is 1. The highest BCUT2D eigenvalue weighted by Gasteiger charge is 2.01. The maximum Gasteiger partial charge on any atom is 0.191 e. The van der Waals surface area contributed by atoms with Gasteiger partial charge in [-0.3, -0.25) is 4.99 Å². The van der Waals surface area contributed by atoms with Crippen LogP contribution in [-0.4, -0.2) is 37.7 Å². The van der Waals surface area contributed by atoms with Gasteiger partial charge in [0.2, 0.25) is 0 Å². The van der Waals surface area contributed by atoms with Crippen LogP contribution in [0.4, 0.5) is 0 Å². The second kappa shape index (κ2) is 12.1. The number of nitrogens with one attached hydrogen (secondary N) is 3. The van der Waals surface area contributed by atoms with Gasteiger partial charge in [-0.25, -0.2) is 0 Å². The highest BCUT2D eigenvalue weighted by molar-refractivity contribution is 14.0. The van der Waals surface area contributed by atoms with Crippen molar-refractivity contribution < 1.29 is 4.74 Å². The van der Waals surface area contributed by atoms with Crippen molar-refractivity contribution in [1.29, 1.82) is 0 Å². The lowest BCUT2D eigenvalue weighted by Crippen LogP contribution is -2.37. The molecule has 0 radical (unpaired) electrons. The smallest absolute Gasteiger partial charge is 0.191 e. The first-order chi connectivity index (χ1) is 11.3. The molecule has 0 amide bonds. The molecular weight excluding hydrogens is 415 g/mol. The van der Waals surface area contributed by atoms with E-state index in [0.717, 1.165) is 56.3 Å². The summed E-state index contributed by atoms with van der Waals surface area (Å²) in [5.41, 5.74) is 2.31. The molecule has 0 aliphatic rings. The first kappa shape index (κ1) is 20.8. The van der Waals surface area contributed by atoms with Gasteiger partial charge in [-0.1, -0.05) is 31.5 Å². The van der Waals surface area contributed by atoms with Crippen molar-refractivity contribution in [3.8, 4) is 0 Å². The maximum atomic E-state index is 5.55. The van der Waals surface area contributed by atoms with E-state index in [4.69, 9.17) is 4.74 Å². The van der Waals surface area contributed by atoms with Crippen LogP contribution in [0.5, 0.6) is 0 Å². The Hall–Kier alpha value is -1.28. The summed E-state index contributed by atoms with van der Waals surface area (Å²) in [4.78, 5) is 7.65. The Kier molecular flexibility index (Phi) is 10.5. The van der Waals surface area contributed by atoms with Crippen LogP contribution in [0.25, 0.3) is 10.9 Å². The lowest BCUT2D eigenvalue weighted by Gasteiger charge is -2.11. The van der Waals surface area contributed by atoms with E-state index in [1.165, 1.54) is 11.8 Å². The number of halogens is 1. The van der Waals surface area contributed by atoms with Crippen molar-refractivity contribution in [2.75, 3.05) is 26.8 Å². The fraction of sp³-hybridized carbons (Fsp3) is 0.500. The zero-order valence-corrected chi connectivity index (χ0v) is 16.9. The molecule has 0 unspecified atom stereocenters. The van der Waals surface area contributed by atoms with Crippen molar-refractivity contribution in [1.82, 2.24) is 15.6 Å². The van der Waals surface area contributed by atoms with E-state index in [1.54, 1.807) is 7.05 Å². The summed E-state index contributed by atoms with van der Waals surface area (Å²) in [5, 5.41) is 7.87. The molecule has 6 heteroatoms. The van der Waals surface area contributed by atoms with Crippen LogP contribution in [0.3, 0.4) is 0 Å². The second-order valence-electron chi connectivity index (χ2n) is 5.55. The fourth-order valence-electron chi connectivity index (χ4n) is 2.36. The third-order valence-corrected chi connectivity index (χ3v) is 3.66. The average Bonchev–Trinajstić information content (AvgIpc) is 2.99. The Bertz CT molecular complexity index is 579. The monoisotopic (exact) mass is 444 g/mol. The molecule has 0 aliphatic heterocycles. The van der Waals surface area contributed by atoms with Crippen LogP contribution in [0.2, 0.25) is 0 Å². The molecule has 24 heavy (non-hydrogen) atoms. The summed E-state index contributed by atoms with van der Waals surface area (Å²) in [6, 6.07) is 10.5. The van der Waals surface area contributed by atoms with E-state index in [0.29, 0.717) is 0 Å². The van der Waals surface area contributed by atoms with Gasteiger partial charge in [0, 0.05) is 38.0 Å². The average molecular weight is 444 g/mol. The Labute approximate surface area is 161 Å². The number of aliphatic imine (C=N–C) groups is 1. The molecule has 1 aromatic heterocycles. The van der Waals surface area contributed by atoms with Gasteiger partial charge in [0.1, 0.15) is 0 Å². The molecule has 1 aromatic carbocycles. The molecule has 3 N–H and O–H groups in total. The molecule has 5 nitrogen and oxygen atoms in total. The summed E-state index contributed by atoms with van der Waals surface area (Å²) < 4.78 is 5.55. The lowest BCUT2D eigenvalue weighted by atomic mass is 10.2. The number of benzene rings is 1. The summed E-state index contributed by atoms with van der Waals surface area (Å²) >= 11 is 0. The predicted octanol–water partition coefficient (Wildman–Crippen LogP) is 3.66. The Balaban J connectivity index is 0.00000288. The van der Waals surface area contributed by atoms with Gasteiger partial charge in [-0.15, -0.1) is 24.0 Å². The molecule has 2 rings (SSSR count). The van der Waals surface area contributed by atoms with Crippen molar-refractivity contribution in [3.63, 3.8) is 0 Å². The molecule has 0 bridgehead atoms. The molecule has 0 fully saturated rings. The number of hydrogen-bond acceptors (Lipinski definition) is 2. The van der Waals surface area contributed by atoms with Gasteiger partial charge in [0.25, 0.3) is 0 Å². The van der Waals surface area contributed by atoms with Crippen LogP contribution in [0, 0.1) is 0 Å². The molecule has 2 aromatic rings. The van der Waals surface area contributed by atoms with Gasteiger partial charge in [0.15, 0.2) is 5.96 Å². The number of rotatable bonds is 9. The third-order valence-electron chi connectivity index (χ3n) is 3.66. The first-order valence-electron chi connectivity index (χ1n) is 8.42. The zero-order valence-electron chi connectivity index (χ0n) is 14.6. The zero-order chi connectivity index (χ0) is 16.3. The Morgan fingerprint density at radius 3 is 2.71 bits per heavy atom. The predicted molar refractivity (Wildman–Crippen MR) is 112 cm³/mol. The minimum atomic E-state index is 0. The molecule has 0 saturated carbocycles. The van der Waals surface area contributed by atoms with Gasteiger partial charge in [-0.05, 0) is 30.4 Å². The van der Waals surface area contributed by atoms with Crippen LogP contribution in [0.15, 0.2) is 35.3 Å². The topological polar surface area (TPSA) is 61.4 Å². The van der Waals surface area contributed by atoms with Crippen molar-refractivity contribution in [2.24, 2.45) is 4.99 Å². The number of hydrogen-bond donors (Lipinski definition) is 3. The van der Waals surface area contributed by atoms with Crippen molar-refractivity contribution >= 4 is 40.8 Å². The third kappa shape index (κ3) is 7.09. The Morgan fingerprint density at radius 2 is 1.96 bits per heavy atom. The van der Waals surface area contributed by atoms with Gasteiger partial charge in [-0.2, -0.15) is 0 Å². The summed E-state index contributed by atoms with van der Waals surface area (Å²) in [6.45, 7) is 5.42. The molecule has 1 heterocycles. The van der Waals surface area contributed by atoms with Crippen molar-refractivity contribution in [3.05, 3.63) is 36.0 Å². The van der Waals surface area contributed by atoms with E-state index in [1.807, 2.05) is 6.07 Å². The summed E-state index contributed by atoms with van der Waals surface area (Å²) in [7, 11) is 1.79. The van der Waals surface area contributed by atoms with E-state index in [-0.39, 0.29) is 24.0 Å². The minimum Gasteiger partial charge on any atom is -0.381 e. The number of H-pyrrole nitrogens is 1. The highest BCUT2D eigenvalue weighted by Crippen LogP contribution is 2.14. The first-order valence-corrected chi connectivity index (χ1v) is 8.42. The van der Waals surface area contributed by atoms with E-state index >= 15 is 0 Å². The standard InChI is InChI=1S/C18H28N4O.HI/c1-3-4-11-23-12-7-10-20-18(19-2)21-14-16-13-15-8-5-6-9-17(15)22-16;/h5-6,8-9,13,22H,3-4,7,10-12,14H2,1-2H3,(H2,19,20,21);1H.